The van der Waals surface area contributed by atoms with Crippen molar-refractivity contribution in [3.63, 3.8) is 0 Å². The highest BCUT2D eigenvalue weighted by Gasteiger charge is 2.32. The van der Waals surface area contributed by atoms with Crippen LogP contribution in [-0.4, -0.2) is 40.8 Å². The van der Waals surface area contributed by atoms with Gasteiger partial charge in [0.2, 0.25) is 0 Å². The van der Waals surface area contributed by atoms with E-state index in [1.54, 1.807) is 17.1 Å². The maximum absolute atomic E-state index is 12.2. The summed E-state index contributed by atoms with van der Waals surface area (Å²) in [6.45, 7) is 5.29. The maximum atomic E-state index is 12.2. The standard InChI is InChI=1S/C11H18N3O2.HI/c1-9-10(2)16-7-6-14(9)11(15)13-5-4-12(3)8-13;/h4-5,8-10H,6-7H2,1-3H3;1H/q+1;/p-1. The molecule has 1 fully saturated rings. The van der Waals surface area contributed by atoms with Gasteiger partial charge in [-0.15, -0.1) is 0 Å². The van der Waals surface area contributed by atoms with Gasteiger partial charge in [-0.05, 0) is 13.8 Å². The second kappa shape index (κ2) is 5.81. The van der Waals surface area contributed by atoms with Crippen LogP contribution in [0.2, 0.25) is 0 Å². The normalized spacial score (nSPS) is 24.3. The van der Waals surface area contributed by atoms with Crippen molar-refractivity contribution in [1.82, 2.24) is 9.47 Å². The second-order valence-electron chi connectivity index (χ2n) is 4.28. The SMILES string of the molecule is CC1OCCN(C(=O)n2cc[n+](C)c2)C1C.[I-]. The molecule has 1 aromatic rings. The van der Waals surface area contributed by atoms with E-state index in [1.807, 2.05) is 36.6 Å². The maximum Gasteiger partial charge on any atom is 0.416 e. The van der Waals surface area contributed by atoms with Crippen molar-refractivity contribution in [3.05, 3.63) is 18.7 Å². The molecule has 6 heteroatoms. The van der Waals surface area contributed by atoms with Crippen LogP contribution in [0.25, 0.3) is 0 Å². The van der Waals surface area contributed by atoms with E-state index in [1.165, 1.54) is 0 Å². The van der Waals surface area contributed by atoms with Crippen molar-refractivity contribution < 1.29 is 38.1 Å². The van der Waals surface area contributed by atoms with E-state index in [-0.39, 0.29) is 42.2 Å². The molecule has 0 aliphatic carbocycles. The molecule has 0 saturated carbocycles. The van der Waals surface area contributed by atoms with Crippen LogP contribution in [-0.2, 0) is 11.8 Å². The molecule has 17 heavy (non-hydrogen) atoms. The van der Waals surface area contributed by atoms with Crippen molar-refractivity contribution in [2.45, 2.75) is 26.0 Å². The third-order valence-electron chi connectivity index (χ3n) is 3.12. The average Bonchev–Trinajstić information content (AvgIpc) is 2.68. The van der Waals surface area contributed by atoms with Gasteiger partial charge in [-0.25, -0.2) is 9.36 Å². The van der Waals surface area contributed by atoms with Crippen molar-refractivity contribution in [2.24, 2.45) is 7.05 Å². The fourth-order valence-electron chi connectivity index (χ4n) is 1.91. The predicted octanol–water partition coefficient (Wildman–Crippen LogP) is -2.61. The first kappa shape index (κ1) is 14.4. The molecule has 1 amide bonds. The third-order valence-corrected chi connectivity index (χ3v) is 3.12. The highest BCUT2D eigenvalue weighted by molar-refractivity contribution is 5.76. The van der Waals surface area contributed by atoms with E-state index >= 15 is 0 Å². The number of ether oxygens (including phenoxy) is 1. The Morgan fingerprint density at radius 2 is 2.18 bits per heavy atom. The van der Waals surface area contributed by atoms with Gasteiger partial charge in [0, 0.05) is 6.54 Å². The van der Waals surface area contributed by atoms with Gasteiger partial charge in [-0.2, -0.15) is 4.57 Å². The quantitative estimate of drug-likeness (QED) is 0.380. The lowest BCUT2D eigenvalue weighted by atomic mass is 10.1. The minimum atomic E-state index is 0. The topological polar surface area (TPSA) is 38.4 Å². The smallest absolute Gasteiger partial charge is 0.416 e. The van der Waals surface area contributed by atoms with E-state index < -0.39 is 0 Å². The zero-order chi connectivity index (χ0) is 11.7. The van der Waals surface area contributed by atoms with Gasteiger partial charge < -0.3 is 28.7 Å². The number of morpholine rings is 1. The summed E-state index contributed by atoms with van der Waals surface area (Å²) in [5.74, 6) is 0. The lowest BCUT2D eigenvalue weighted by molar-refractivity contribution is -0.670. The van der Waals surface area contributed by atoms with Gasteiger partial charge in [0.05, 0.1) is 25.8 Å². The van der Waals surface area contributed by atoms with Crippen molar-refractivity contribution >= 4 is 6.03 Å². The highest BCUT2D eigenvalue weighted by Crippen LogP contribution is 2.14. The Labute approximate surface area is 118 Å². The van der Waals surface area contributed by atoms with Crippen molar-refractivity contribution in [3.8, 4) is 0 Å². The van der Waals surface area contributed by atoms with E-state index in [4.69, 9.17) is 4.74 Å². The predicted molar refractivity (Wildman–Crippen MR) is 58.0 cm³/mol. The van der Waals surface area contributed by atoms with Crippen LogP contribution in [0.4, 0.5) is 4.79 Å². The molecule has 5 nitrogen and oxygen atoms in total. The molecule has 0 N–H and O–H groups in total. The second-order valence-corrected chi connectivity index (χ2v) is 4.28. The van der Waals surface area contributed by atoms with Gasteiger partial charge >= 0.3 is 6.03 Å². The lowest BCUT2D eigenvalue weighted by Crippen LogP contribution is -3.00. The minimum absolute atomic E-state index is 0. The number of aryl methyl sites for hydroxylation is 1. The summed E-state index contributed by atoms with van der Waals surface area (Å²) >= 11 is 0. The number of halogens is 1. The van der Waals surface area contributed by atoms with E-state index in [9.17, 15) is 4.79 Å². The number of rotatable bonds is 0. The number of aromatic nitrogens is 2. The van der Waals surface area contributed by atoms with Gasteiger partial charge in [-0.1, -0.05) is 0 Å². The Morgan fingerprint density at radius 3 is 2.76 bits per heavy atom. The average molecular weight is 351 g/mol. The summed E-state index contributed by atoms with van der Waals surface area (Å²) in [5, 5.41) is 0. The van der Waals surface area contributed by atoms with Gasteiger partial charge in [0.15, 0.2) is 0 Å². The Kier molecular flexibility index (Phi) is 4.93. The first-order valence-corrected chi connectivity index (χ1v) is 5.55. The Morgan fingerprint density at radius 1 is 1.47 bits per heavy atom. The first-order valence-electron chi connectivity index (χ1n) is 5.55. The largest absolute Gasteiger partial charge is 1.00 e. The number of nitrogens with zero attached hydrogens (tertiary/aromatic N) is 3. The van der Waals surface area contributed by atoms with E-state index in [2.05, 4.69) is 0 Å². The molecular weight excluding hydrogens is 333 g/mol. The van der Waals surface area contributed by atoms with Gasteiger partial charge in [-0.3, -0.25) is 4.90 Å². The van der Waals surface area contributed by atoms with Crippen LogP contribution in [0.15, 0.2) is 18.7 Å². The molecule has 1 aromatic heterocycles. The van der Waals surface area contributed by atoms with Crippen LogP contribution >= 0.6 is 0 Å². The molecule has 0 radical (unpaired) electrons. The molecule has 96 valence electrons. The molecular formula is C11H18IN3O2. The number of hydrogen-bond donors (Lipinski definition) is 0. The first-order chi connectivity index (χ1) is 7.59. The van der Waals surface area contributed by atoms with Crippen LogP contribution < -0.4 is 28.5 Å². The lowest BCUT2D eigenvalue weighted by Gasteiger charge is -2.36. The van der Waals surface area contributed by atoms with Crippen molar-refractivity contribution in [2.75, 3.05) is 13.2 Å². The summed E-state index contributed by atoms with van der Waals surface area (Å²) in [7, 11) is 1.90. The molecule has 0 aromatic carbocycles. The fraction of sp³-hybridized carbons (Fsp3) is 0.636. The van der Waals surface area contributed by atoms with Crippen molar-refractivity contribution in [1.29, 1.82) is 0 Å². The summed E-state index contributed by atoms with van der Waals surface area (Å²) in [6.07, 6.45) is 5.50. The van der Waals surface area contributed by atoms with E-state index in [0.717, 1.165) is 0 Å². The molecule has 2 unspecified atom stereocenters. The molecule has 1 saturated heterocycles. The number of carbonyl (C=O) groups is 1. The molecule has 2 rings (SSSR count). The Balaban J connectivity index is 0.00000144. The van der Waals surface area contributed by atoms with Crippen LogP contribution in [0.3, 0.4) is 0 Å². The number of imidazole rings is 1. The molecule has 2 atom stereocenters. The van der Waals surface area contributed by atoms with Gasteiger partial charge in [0.25, 0.3) is 6.33 Å². The molecule has 1 aliphatic rings. The number of hydrogen-bond acceptors (Lipinski definition) is 2. The Bertz CT molecular complexity index is 394. The molecule has 2 heterocycles. The summed E-state index contributed by atoms with van der Waals surface area (Å²) in [4.78, 5) is 14.0. The molecule has 0 spiro atoms. The van der Waals surface area contributed by atoms with Gasteiger partial charge in [0.1, 0.15) is 12.4 Å². The zero-order valence-electron chi connectivity index (χ0n) is 10.3. The van der Waals surface area contributed by atoms with Crippen LogP contribution in [0, 0.1) is 0 Å². The van der Waals surface area contributed by atoms with E-state index in [0.29, 0.717) is 13.2 Å². The molecule has 0 bridgehead atoms. The number of amides is 1. The fourth-order valence-corrected chi connectivity index (χ4v) is 1.91. The third kappa shape index (κ3) is 2.98. The van der Waals surface area contributed by atoms with Crippen LogP contribution in [0.5, 0.6) is 0 Å². The Hall–Kier alpha value is -0.630. The number of carbonyl (C=O) groups excluding carboxylic acids is 1. The summed E-state index contributed by atoms with van der Waals surface area (Å²) in [6, 6.07) is 0.136. The monoisotopic (exact) mass is 351 g/mol. The zero-order valence-corrected chi connectivity index (χ0v) is 12.5. The summed E-state index contributed by atoms with van der Waals surface area (Å²) < 4.78 is 8.96. The molecule has 1 aliphatic heterocycles. The highest BCUT2D eigenvalue weighted by atomic mass is 127. The van der Waals surface area contributed by atoms with Crippen LogP contribution in [0.1, 0.15) is 13.8 Å². The minimum Gasteiger partial charge on any atom is -1.00 e. The summed E-state index contributed by atoms with van der Waals surface area (Å²) in [5.41, 5.74) is 0.